The smallest absolute Gasteiger partial charge is 0.0937 e. The van der Waals surface area contributed by atoms with Gasteiger partial charge in [-0.05, 0) is 17.2 Å². The molecule has 3 nitrogen and oxygen atoms in total. The second-order valence-electron chi connectivity index (χ2n) is 4.37. The van der Waals surface area contributed by atoms with Crippen LogP contribution in [0, 0.1) is 0 Å². The lowest BCUT2D eigenvalue weighted by Gasteiger charge is -2.13. The molecule has 0 saturated carbocycles. The van der Waals surface area contributed by atoms with Crippen molar-refractivity contribution in [2.24, 2.45) is 0 Å². The number of hydrogen-bond donors (Lipinski definition) is 1. The van der Waals surface area contributed by atoms with E-state index in [0.29, 0.717) is 0 Å². The molecule has 1 aromatic carbocycles. The molecule has 0 radical (unpaired) electrons. The Balaban J connectivity index is 1.64. The van der Waals surface area contributed by atoms with Crippen molar-refractivity contribution >= 4 is 17.0 Å². The van der Waals surface area contributed by atoms with Gasteiger partial charge in [-0.2, -0.15) is 0 Å². The Bertz CT molecular complexity index is 507. The fourth-order valence-corrected chi connectivity index (χ4v) is 2.91. The van der Waals surface area contributed by atoms with E-state index in [4.69, 9.17) is 5.73 Å². The molecule has 1 aliphatic rings. The molecule has 0 bridgehead atoms. The normalized spacial score (nSPS) is 15.1. The van der Waals surface area contributed by atoms with Crippen LogP contribution < -0.4 is 5.73 Å². The summed E-state index contributed by atoms with van der Waals surface area (Å²) in [7, 11) is 0. The lowest BCUT2D eigenvalue weighted by molar-refractivity contribution is 0.288. The minimum Gasteiger partial charge on any atom is -0.398 e. The molecule has 0 aliphatic carbocycles. The molecule has 17 heavy (non-hydrogen) atoms. The van der Waals surface area contributed by atoms with Gasteiger partial charge in [-0.1, -0.05) is 12.1 Å². The molecular weight excluding hydrogens is 230 g/mol. The van der Waals surface area contributed by atoms with E-state index in [1.165, 1.54) is 16.1 Å². The first-order valence-corrected chi connectivity index (χ1v) is 6.68. The zero-order valence-electron chi connectivity index (χ0n) is 9.60. The van der Waals surface area contributed by atoms with Gasteiger partial charge in [0.15, 0.2) is 0 Å². The van der Waals surface area contributed by atoms with E-state index in [-0.39, 0.29) is 0 Å². The first-order chi connectivity index (χ1) is 8.33. The van der Waals surface area contributed by atoms with Crippen LogP contribution in [0.15, 0.2) is 29.8 Å². The number of thiazole rings is 1. The summed E-state index contributed by atoms with van der Waals surface area (Å²) in [6, 6.07) is 6.21. The molecule has 2 aromatic rings. The summed E-state index contributed by atoms with van der Waals surface area (Å²) in [6.07, 6.45) is 2.91. The maximum absolute atomic E-state index is 5.99. The first-order valence-electron chi connectivity index (χ1n) is 5.80. The van der Waals surface area contributed by atoms with Crippen LogP contribution in [0.3, 0.4) is 0 Å². The third-order valence-electron chi connectivity index (χ3n) is 3.21. The zero-order valence-corrected chi connectivity index (χ0v) is 10.4. The van der Waals surface area contributed by atoms with Crippen molar-refractivity contribution in [3.05, 3.63) is 45.9 Å². The highest BCUT2D eigenvalue weighted by molar-refractivity contribution is 7.09. The van der Waals surface area contributed by atoms with Crippen molar-refractivity contribution in [2.45, 2.75) is 19.5 Å². The average molecular weight is 245 g/mol. The van der Waals surface area contributed by atoms with Gasteiger partial charge in [0.25, 0.3) is 0 Å². The van der Waals surface area contributed by atoms with E-state index in [1.807, 2.05) is 23.7 Å². The summed E-state index contributed by atoms with van der Waals surface area (Å²) < 4.78 is 0. The number of rotatable bonds is 3. The van der Waals surface area contributed by atoms with Gasteiger partial charge < -0.3 is 5.73 Å². The van der Waals surface area contributed by atoms with Crippen LogP contribution >= 0.6 is 11.3 Å². The van der Waals surface area contributed by atoms with Crippen LogP contribution in [0.5, 0.6) is 0 Å². The molecule has 2 heterocycles. The number of nitrogens with zero attached hydrogens (tertiary/aromatic N) is 2. The van der Waals surface area contributed by atoms with Crippen LogP contribution in [-0.2, 0) is 19.5 Å². The SMILES string of the molecule is Nc1cccc2c1CN(CCc1nccs1)C2. The third-order valence-corrected chi connectivity index (χ3v) is 4.05. The Morgan fingerprint density at radius 1 is 1.35 bits per heavy atom. The minimum atomic E-state index is 0.930. The van der Waals surface area contributed by atoms with Crippen LogP contribution in [0.2, 0.25) is 0 Å². The Morgan fingerprint density at radius 3 is 3.06 bits per heavy atom. The van der Waals surface area contributed by atoms with E-state index in [1.54, 1.807) is 11.3 Å². The van der Waals surface area contributed by atoms with Crippen molar-refractivity contribution in [1.82, 2.24) is 9.88 Å². The minimum absolute atomic E-state index is 0.930. The van der Waals surface area contributed by atoms with Gasteiger partial charge in [0.1, 0.15) is 0 Å². The van der Waals surface area contributed by atoms with Crippen molar-refractivity contribution < 1.29 is 0 Å². The number of aromatic nitrogens is 1. The van der Waals surface area contributed by atoms with E-state index >= 15 is 0 Å². The molecule has 0 unspecified atom stereocenters. The van der Waals surface area contributed by atoms with Gasteiger partial charge in [0.2, 0.25) is 0 Å². The maximum atomic E-state index is 5.99. The molecule has 0 amide bonds. The molecule has 2 N–H and O–H groups in total. The van der Waals surface area contributed by atoms with Gasteiger partial charge in [-0.25, -0.2) is 4.98 Å². The molecule has 0 fully saturated rings. The van der Waals surface area contributed by atoms with E-state index in [9.17, 15) is 0 Å². The molecule has 88 valence electrons. The monoisotopic (exact) mass is 245 g/mol. The highest BCUT2D eigenvalue weighted by Crippen LogP contribution is 2.27. The van der Waals surface area contributed by atoms with Gasteiger partial charge in [0, 0.05) is 43.3 Å². The molecular formula is C13H15N3S. The lowest BCUT2D eigenvalue weighted by atomic mass is 10.1. The molecule has 1 aliphatic heterocycles. The average Bonchev–Trinajstić information content (AvgIpc) is 2.95. The van der Waals surface area contributed by atoms with E-state index in [2.05, 4.69) is 16.0 Å². The topological polar surface area (TPSA) is 42.1 Å². The molecule has 0 spiro atoms. The van der Waals surface area contributed by atoms with Crippen molar-refractivity contribution in [3.8, 4) is 0 Å². The van der Waals surface area contributed by atoms with Crippen LogP contribution in [0.4, 0.5) is 5.69 Å². The van der Waals surface area contributed by atoms with Gasteiger partial charge in [-0.3, -0.25) is 4.90 Å². The summed E-state index contributed by atoms with van der Waals surface area (Å²) in [4.78, 5) is 6.74. The summed E-state index contributed by atoms with van der Waals surface area (Å²) >= 11 is 1.73. The Morgan fingerprint density at radius 2 is 2.29 bits per heavy atom. The van der Waals surface area contributed by atoms with Crippen molar-refractivity contribution in [1.29, 1.82) is 0 Å². The highest BCUT2D eigenvalue weighted by atomic mass is 32.1. The highest BCUT2D eigenvalue weighted by Gasteiger charge is 2.20. The van der Waals surface area contributed by atoms with Crippen LogP contribution in [0.1, 0.15) is 16.1 Å². The lowest BCUT2D eigenvalue weighted by Crippen LogP contribution is -2.19. The summed E-state index contributed by atoms with van der Waals surface area (Å²) in [5, 5.41) is 3.25. The van der Waals surface area contributed by atoms with Crippen LogP contribution in [-0.4, -0.2) is 16.4 Å². The summed E-state index contributed by atoms with van der Waals surface area (Å²) in [5.41, 5.74) is 9.61. The fourth-order valence-electron chi connectivity index (χ4n) is 2.30. The second-order valence-corrected chi connectivity index (χ2v) is 5.35. The number of anilines is 1. The Kier molecular flexibility index (Phi) is 2.82. The predicted molar refractivity (Wildman–Crippen MR) is 70.8 cm³/mol. The summed E-state index contributed by atoms with van der Waals surface area (Å²) in [5.74, 6) is 0. The van der Waals surface area contributed by atoms with Crippen LogP contribution in [0.25, 0.3) is 0 Å². The molecule has 4 heteroatoms. The first kappa shape index (κ1) is 10.7. The predicted octanol–water partition coefficient (Wildman–Crippen LogP) is 2.28. The molecule has 1 aromatic heterocycles. The van der Waals surface area contributed by atoms with E-state index < -0.39 is 0 Å². The number of nitrogens with two attached hydrogens (primary N) is 1. The second kappa shape index (κ2) is 4.47. The number of nitrogen functional groups attached to an aromatic ring is 1. The van der Waals surface area contributed by atoms with Gasteiger partial charge in [0.05, 0.1) is 5.01 Å². The number of hydrogen-bond acceptors (Lipinski definition) is 4. The van der Waals surface area contributed by atoms with Crippen molar-refractivity contribution in [2.75, 3.05) is 12.3 Å². The van der Waals surface area contributed by atoms with Gasteiger partial charge >= 0.3 is 0 Å². The number of fused-ring (bicyclic) bond motifs is 1. The molecule has 0 atom stereocenters. The van der Waals surface area contributed by atoms with E-state index in [0.717, 1.165) is 31.7 Å². The zero-order chi connectivity index (χ0) is 11.7. The molecule has 0 saturated heterocycles. The third kappa shape index (κ3) is 2.18. The fraction of sp³-hybridized carbons (Fsp3) is 0.308. The summed E-state index contributed by atoms with van der Waals surface area (Å²) in [6.45, 7) is 3.06. The molecule has 3 rings (SSSR count). The largest absolute Gasteiger partial charge is 0.398 e. The van der Waals surface area contributed by atoms with Gasteiger partial charge in [-0.15, -0.1) is 11.3 Å². The quantitative estimate of drug-likeness (QED) is 0.844. The Labute approximate surface area is 105 Å². The number of benzene rings is 1. The maximum Gasteiger partial charge on any atom is 0.0937 e. The van der Waals surface area contributed by atoms with Crippen molar-refractivity contribution in [3.63, 3.8) is 0 Å². The Hall–Kier alpha value is -1.39. The standard InChI is InChI=1S/C13H15N3S/c14-12-3-1-2-10-8-16(9-11(10)12)6-4-13-15-5-7-17-13/h1-3,5,7H,4,6,8-9,14H2.